The molecule has 0 saturated carbocycles. The van der Waals surface area contributed by atoms with Crippen LogP contribution in [0.1, 0.15) is 22.3 Å². The fraction of sp³-hybridized carbons (Fsp3) is 0.111. The highest BCUT2D eigenvalue weighted by Gasteiger charge is 2.16. The zero-order valence-electron chi connectivity index (χ0n) is 25.8. The molecule has 0 unspecified atom stereocenters. The standard InChI is InChI=1S/C36H30N8O3/c1-45-35-19-29(23-43(41-17-15-39-25-41)31-9-3-27(21-37)4-10-31)7-13-33(35)47-34-14-8-30(20-36(34)46-2)24-44(42-18-16-40-26-42)32-11-5-28(22-38)6-12-32/h3-20,25-26H,23-24H2,1-2H3. The third-order valence-corrected chi connectivity index (χ3v) is 7.47. The van der Waals surface area contributed by atoms with Crippen molar-refractivity contribution in [1.82, 2.24) is 19.3 Å². The van der Waals surface area contributed by atoms with E-state index in [2.05, 4.69) is 22.1 Å². The Morgan fingerprint density at radius 1 is 0.596 bits per heavy atom. The van der Waals surface area contributed by atoms with Crippen molar-refractivity contribution >= 4 is 11.4 Å². The van der Waals surface area contributed by atoms with Gasteiger partial charge in [0.25, 0.3) is 0 Å². The lowest BCUT2D eigenvalue weighted by Gasteiger charge is -2.26. The second kappa shape index (κ2) is 13.9. The lowest BCUT2D eigenvalue weighted by molar-refractivity contribution is 0.356. The lowest BCUT2D eigenvalue weighted by atomic mass is 10.1. The molecule has 0 amide bonds. The number of nitriles is 2. The maximum absolute atomic E-state index is 9.22. The molecule has 0 N–H and O–H groups in total. The fourth-order valence-electron chi connectivity index (χ4n) is 5.07. The molecule has 11 nitrogen and oxygen atoms in total. The summed E-state index contributed by atoms with van der Waals surface area (Å²) < 4.78 is 21.6. The summed E-state index contributed by atoms with van der Waals surface area (Å²) in [5, 5.41) is 22.5. The van der Waals surface area contributed by atoms with Gasteiger partial charge in [0.2, 0.25) is 0 Å². The molecule has 0 spiro atoms. The van der Waals surface area contributed by atoms with E-state index < -0.39 is 0 Å². The van der Waals surface area contributed by atoms with E-state index in [-0.39, 0.29) is 0 Å². The first-order chi connectivity index (χ1) is 23.1. The van der Waals surface area contributed by atoms with Crippen molar-refractivity contribution in [2.24, 2.45) is 0 Å². The quantitative estimate of drug-likeness (QED) is 0.149. The highest BCUT2D eigenvalue weighted by Crippen LogP contribution is 2.38. The van der Waals surface area contributed by atoms with E-state index in [4.69, 9.17) is 14.2 Å². The van der Waals surface area contributed by atoms with Gasteiger partial charge in [-0.2, -0.15) is 10.5 Å². The Bertz CT molecular complexity index is 1860. The van der Waals surface area contributed by atoms with Gasteiger partial charge < -0.3 is 14.2 Å². The van der Waals surface area contributed by atoms with Crippen molar-refractivity contribution in [1.29, 1.82) is 10.5 Å². The summed E-state index contributed by atoms with van der Waals surface area (Å²) in [6, 6.07) is 30.7. The van der Waals surface area contributed by atoms with Gasteiger partial charge in [-0.3, -0.25) is 10.0 Å². The molecule has 6 aromatic rings. The molecule has 0 aliphatic carbocycles. The number of anilines is 2. The molecule has 232 valence electrons. The number of rotatable bonds is 12. The number of hydrogen-bond acceptors (Lipinski definition) is 9. The number of benzene rings is 4. The van der Waals surface area contributed by atoms with Crippen molar-refractivity contribution in [3.05, 3.63) is 145 Å². The molecular weight excluding hydrogens is 592 g/mol. The Labute approximate surface area is 272 Å². The fourth-order valence-corrected chi connectivity index (χ4v) is 5.07. The van der Waals surface area contributed by atoms with E-state index in [0.29, 0.717) is 47.2 Å². The van der Waals surface area contributed by atoms with E-state index in [9.17, 15) is 10.5 Å². The van der Waals surface area contributed by atoms with Crippen molar-refractivity contribution < 1.29 is 14.2 Å². The maximum Gasteiger partial charge on any atom is 0.169 e. The van der Waals surface area contributed by atoms with Crippen LogP contribution in [-0.4, -0.2) is 33.5 Å². The number of aromatic nitrogens is 4. The van der Waals surface area contributed by atoms with Crippen LogP contribution >= 0.6 is 0 Å². The molecule has 47 heavy (non-hydrogen) atoms. The van der Waals surface area contributed by atoms with E-state index >= 15 is 0 Å². The predicted octanol–water partition coefficient (Wildman–Crippen LogP) is 6.57. The van der Waals surface area contributed by atoms with Crippen LogP contribution in [0, 0.1) is 22.7 Å². The second-order valence-corrected chi connectivity index (χ2v) is 10.4. The first-order valence-corrected chi connectivity index (χ1v) is 14.6. The van der Waals surface area contributed by atoms with Gasteiger partial charge in [0.05, 0.1) is 61.9 Å². The number of nitrogens with zero attached hydrogens (tertiary/aromatic N) is 8. The molecule has 6 rings (SSSR count). The van der Waals surface area contributed by atoms with Crippen LogP contribution in [0.4, 0.5) is 11.4 Å². The van der Waals surface area contributed by atoms with E-state index in [0.717, 1.165) is 22.5 Å². The van der Waals surface area contributed by atoms with Gasteiger partial charge in [0.1, 0.15) is 12.7 Å². The van der Waals surface area contributed by atoms with Crippen molar-refractivity contribution in [3.63, 3.8) is 0 Å². The first kappa shape index (κ1) is 30.3. The molecule has 11 heteroatoms. The number of imidazole rings is 2. The van der Waals surface area contributed by atoms with Gasteiger partial charge in [-0.1, -0.05) is 12.1 Å². The Morgan fingerprint density at radius 3 is 1.36 bits per heavy atom. The molecule has 0 aliphatic rings. The minimum Gasteiger partial charge on any atom is -0.493 e. The van der Waals surface area contributed by atoms with Crippen LogP contribution in [0.3, 0.4) is 0 Å². The molecular formula is C36H30N8O3. The van der Waals surface area contributed by atoms with Gasteiger partial charge in [-0.25, -0.2) is 19.3 Å². The largest absolute Gasteiger partial charge is 0.493 e. The highest BCUT2D eigenvalue weighted by atomic mass is 16.5. The minimum atomic E-state index is 0.504. The molecule has 0 aliphatic heterocycles. The SMILES string of the molecule is COc1cc(CN(c2ccc(C#N)cc2)n2ccnc2)ccc1Oc1ccc(CN(c2ccc(C#N)cc2)n2ccnc2)cc1OC. The van der Waals surface area contributed by atoms with E-state index in [1.54, 1.807) is 63.5 Å². The highest BCUT2D eigenvalue weighted by molar-refractivity contribution is 5.54. The van der Waals surface area contributed by atoms with Gasteiger partial charge in [-0.05, 0) is 83.9 Å². The second-order valence-electron chi connectivity index (χ2n) is 10.4. The molecule has 0 radical (unpaired) electrons. The summed E-state index contributed by atoms with van der Waals surface area (Å²) in [4.78, 5) is 8.41. The normalized spacial score (nSPS) is 10.5. The summed E-state index contributed by atoms with van der Waals surface area (Å²) in [5.74, 6) is 2.19. The molecule has 0 fully saturated rings. The van der Waals surface area contributed by atoms with Gasteiger partial charge in [0.15, 0.2) is 23.0 Å². The van der Waals surface area contributed by atoms with Crippen LogP contribution in [0.15, 0.2) is 122 Å². The summed E-state index contributed by atoms with van der Waals surface area (Å²) in [7, 11) is 3.21. The predicted molar refractivity (Wildman–Crippen MR) is 176 cm³/mol. The number of hydrogen-bond donors (Lipinski definition) is 0. The zero-order valence-corrected chi connectivity index (χ0v) is 25.8. The average molecular weight is 623 g/mol. The third-order valence-electron chi connectivity index (χ3n) is 7.47. The maximum atomic E-state index is 9.22. The Kier molecular flexibility index (Phi) is 8.98. The summed E-state index contributed by atoms with van der Waals surface area (Å²) in [6.45, 7) is 1.01. The van der Waals surface area contributed by atoms with Crippen LogP contribution in [0.25, 0.3) is 0 Å². The van der Waals surface area contributed by atoms with Crippen LogP contribution < -0.4 is 24.2 Å². The molecule has 2 aromatic heterocycles. The average Bonchev–Trinajstić information content (AvgIpc) is 3.86. The summed E-state index contributed by atoms with van der Waals surface area (Å²) >= 11 is 0. The van der Waals surface area contributed by atoms with Gasteiger partial charge in [0, 0.05) is 24.8 Å². The van der Waals surface area contributed by atoms with Crippen LogP contribution in [0.5, 0.6) is 23.0 Å². The minimum absolute atomic E-state index is 0.504. The Balaban J connectivity index is 1.23. The number of methoxy groups -OCH3 is 2. The van der Waals surface area contributed by atoms with Crippen molar-refractivity contribution in [2.45, 2.75) is 13.1 Å². The van der Waals surface area contributed by atoms with E-state index in [1.807, 2.05) is 92.4 Å². The molecule has 4 aromatic carbocycles. The Morgan fingerprint density at radius 2 is 1.02 bits per heavy atom. The molecule has 0 saturated heterocycles. The molecule has 0 atom stereocenters. The number of ether oxygens (including phenoxy) is 3. The Hall–Kier alpha value is -6.72. The lowest BCUT2D eigenvalue weighted by Crippen LogP contribution is -2.27. The summed E-state index contributed by atoms with van der Waals surface area (Å²) in [6.07, 6.45) is 10.6. The smallest absolute Gasteiger partial charge is 0.169 e. The topological polar surface area (TPSA) is 117 Å². The summed E-state index contributed by atoms with van der Waals surface area (Å²) in [5.41, 5.74) is 4.92. The first-order valence-electron chi connectivity index (χ1n) is 14.6. The molecule has 0 bridgehead atoms. The van der Waals surface area contributed by atoms with Crippen LogP contribution in [-0.2, 0) is 13.1 Å². The zero-order chi connectivity index (χ0) is 32.6. The third kappa shape index (κ3) is 6.85. The van der Waals surface area contributed by atoms with Crippen molar-refractivity contribution in [3.8, 4) is 35.1 Å². The molecule has 2 heterocycles. The van der Waals surface area contributed by atoms with Gasteiger partial charge >= 0.3 is 0 Å². The monoisotopic (exact) mass is 622 g/mol. The van der Waals surface area contributed by atoms with Crippen LogP contribution in [0.2, 0.25) is 0 Å². The van der Waals surface area contributed by atoms with Gasteiger partial charge in [-0.15, -0.1) is 0 Å². The van der Waals surface area contributed by atoms with Crippen molar-refractivity contribution in [2.75, 3.05) is 24.2 Å². The van der Waals surface area contributed by atoms with E-state index in [1.165, 1.54) is 0 Å².